The molecule has 0 saturated heterocycles. The van der Waals surface area contributed by atoms with Crippen molar-refractivity contribution in [3.8, 4) is 0 Å². The van der Waals surface area contributed by atoms with Gasteiger partial charge in [0, 0.05) is 20.6 Å². The van der Waals surface area contributed by atoms with Crippen molar-refractivity contribution in [1.82, 2.24) is 24.8 Å². The van der Waals surface area contributed by atoms with Crippen molar-refractivity contribution in [2.24, 2.45) is 16.5 Å². The molecular formula is C22H29N9O4. The Bertz CT molecular complexity index is 1200. The van der Waals surface area contributed by atoms with Gasteiger partial charge in [0.25, 0.3) is 0 Å². The molecule has 0 saturated carbocycles. The first kappa shape index (κ1) is 25.2. The summed E-state index contributed by atoms with van der Waals surface area (Å²) in [6.45, 7) is 0.763. The highest BCUT2D eigenvalue weighted by molar-refractivity contribution is 5.83. The molecule has 13 nitrogen and oxygen atoms in total. The molecule has 13 heteroatoms. The predicted octanol–water partition coefficient (Wildman–Crippen LogP) is 0.674. The topological polar surface area (TPSA) is 187 Å². The van der Waals surface area contributed by atoms with Gasteiger partial charge in [-0.1, -0.05) is 24.3 Å². The Balaban J connectivity index is 1.58. The average molecular weight is 484 g/mol. The number of alkyl carbamates (subject to hydrolysis) is 1. The Morgan fingerprint density at radius 3 is 2.71 bits per heavy atom. The van der Waals surface area contributed by atoms with Gasteiger partial charge in [-0.3, -0.25) is 4.99 Å². The number of hydrogen-bond donors (Lipinski definition) is 4. The minimum Gasteiger partial charge on any atom is -0.480 e. The van der Waals surface area contributed by atoms with Crippen LogP contribution in [0, 0.1) is 0 Å². The van der Waals surface area contributed by atoms with E-state index in [0.29, 0.717) is 24.1 Å². The lowest BCUT2D eigenvalue weighted by Gasteiger charge is -2.14. The molecule has 186 valence electrons. The fraction of sp³-hybridized carbons (Fsp3) is 0.364. The van der Waals surface area contributed by atoms with Crippen LogP contribution in [0.5, 0.6) is 0 Å². The lowest BCUT2D eigenvalue weighted by Crippen LogP contribution is -2.41. The number of anilines is 1. The molecule has 0 spiro atoms. The second-order valence-corrected chi connectivity index (χ2v) is 8.02. The minimum atomic E-state index is -1.16. The molecule has 1 aromatic carbocycles. The van der Waals surface area contributed by atoms with Gasteiger partial charge in [0.2, 0.25) is 0 Å². The standard InChI is InChI=1S/C22H29N9O4/c1-30(2)18-17-19(27-12-26-18)31(13-28-17)10-14-5-3-6-15(9-14)11-35-22(34)29-16(20(32)33)7-4-8-25-21(23)24/h3,5-6,9,12-13,16H,4,7-8,10-11H2,1-2H3,(H,29,34)(H,32,33)(H4,23,24,25)/t16-/m0/s1. The molecule has 0 bridgehead atoms. The van der Waals surface area contributed by atoms with Gasteiger partial charge < -0.3 is 36.1 Å². The van der Waals surface area contributed by atoms with Crippen LogP contribution in [0.25, 0.3) is 11.2 Å². The zero-order valence-electron chi connectivity index (χ0n) is 19.6. The first-order valence-corrected chi connectivity index (χ1v) is 10.9. The van der Waals surface area contributed by atoms with Gasteiger partial charge in [0.15, 0.2) is 22.9 Å². The quantitative estimate of drug-likeness (QED) is 0.171. The first-order valence-electron chi connectivity index (χ1n) is 10.9. The van der Waals surface area contributed by atoms with E-state index in [2.05, 4.69) is 25.3 Å². The van der Waals surface area contributed by atoms with Crippen LogP contribution in [-0.4, -0.2) is 69.3 Å². The second kappa shape index (κ2) is 11.6. The van der Waals surface area contributed by atoms with E-state index in [-0.39, 0.29) is 25.5 Å². The van der Waals surface area contributed by atoms with E-state index in [1.807, 2.05) is 47.8 Å². The van der Waals surface area contributed by atoms with Crippen molar-refractivity contribution >= 4 is 35.0 Å². The van der Waals surface area contributed by atoms with Crippen molar-refractivity contribution in [3.63, 3.8) is 0 Å². The van der Waals surface area contributed by atoms with E-state index in [0.717, 1.165) is 16.9 Å². The third-order valence-corrected chi connectivity index (χ3v) is 5.06. The van der Waals surface area contributed by atoms with Crippen LogP contribution in [0.4, 0.5) is 10.6 Å². The summed E-state index contributed by atoms with van der Waals surface area (Å²) in [6, 6.07) is 6.41. The summed E-state index contributed by atoms with van der Waals surface area (Å²) in [5.41, 5.74) is 13.6. The fourth-order valence-corrected chi connectivity index (χ4v) is 3.42. The number of nitrogens with zero attached hydrogens (tertiary/aromatic N) is 6. The predicted molar refractivity (Wildman–Crippen MR) is 130 cm³/mol. The number of aliphatic imine (C=N–C) groups is 1. The van der Waals surface area contributed by atoms with Gasteiger partial charge in [0.1, 0.15) is 19.0 Å². The number of ether oxygens (including phenoxy) is 1. The number of hydrogen-bond acceptors (Lipinski definition) is 8. The van der Waals surface area contributed by atoms with Gasteiger partial charge in [-0.15, -0.1) is 0 Å². The van der Waals surface area contributed by atoms with Crippen LogP contribution in [0.2, 0.25) is 0 Å². The van der Waals surface area contributed by atoms with Gasteiger partial charge in [-0.2, -0.15) is 0 Å². The summed E-state index contributed by atoms with van der Waals surface area (Å²) in [5.74, 6) is -0.500. The van der Waals surface area contributed by atoms with Crippen molar-refractivity contribution in [3.05, 3.63) is 48.0 Å². The van der Waals surface area contributed by atoms with E-state index >= 15 is 0 Å². The third kappa shape index (κ3) is 7.03. The average Bonchev–Trinajstić information content (AvgIpc) is 3.22. The van der Waals surface area contributed by atoms with Crippen molar-refractivity contribution in [2.75, 3.05) is 25.5 Å². The summed E-state index contributed by atoms with van der Waals surface area (Å²) in [5, 5.41) is 11.7. The van der Waals surface area contributed by atoms with Crippen LogP contribution in [0.15, 0.2) is 41.9 Å². The largest absolute Gasteiger partial charge is 0.480 e. The molecule has 3 aromatic rings. The molecule has 0 fully saturated rings. The monoisotopic (exact) mass is 483 g/mol. The number of carbonyl (C=O) groups is 2. The minimum absolute atomic E-state index is 0.0162. The summed E-state index contributed by atoms with van der Waals surface area (Å²) < 4.78 is 7.14. The molecular weight excluding hydrogens is 454 g/mol. The number of rotatable bonds is 11. The fourth-order valence-electron chi connectivity index (χ4n) is 3.42. The number of carbonyl (C=O) groups excluding carboxylic acids is 1. The number of carboxylic acid groups (broad SMARTS) is 1. The molecule has 0 aliphatic carbocycles. The van der Waals surface area contributed by atoms with Crippen molar-refractivity contribution in [1.29, 1.82) is 0 Å². The molecule has 0 unspecified atom stereocenters. The normalized spacial score (nSPS) is 11.6. The zero-order valence-corrected chi connectivity index (χ0v) is 19.6. The molecule has 3 rings (SSSR count). The molecule has 35 heavy (non-hydrogen) atoms. The van der Waals surface area contributed by atoms with Gasteiger partial charge >= 0.3 is 12.1 Å². The highest BCUT2D eigenvalue weighted by Crippen LogP contribution is 2.20. The van der Waals surface area contributed by atoms with Gasteiger partial charge in [-0.25, -0.2) is 24.5 Å². The maximum Gasteiger partial charge on any atom is 0.408 e. The number of benzene rings is 1. The van der Waals surface area contributed by atoms with E-state index in [1.165, 1.54) is 6.33 Å². The molecule has 0 aliphatic heterocycles. The molecule has 1 amide bonds. The van der Waals surface area contributed by atoms with Crippen molar-refractivity contribution in [2.45, 2.75) is 32.0 Å². The molecule has 6 N–H and O–H groups in total. The first-order chi connectivity index (χ1) is 16.7. The molecule has 1 atom stereocenters. The lowest BCUT2D eigenvalue weighted by atomic mass is 10.1. The number of nitrogens with two attached hydrogens (primary N) is 2. The van der Waals surface area contributed by atoms with Crippen LogP contribution in [0.3, 0.4) is 0 Å². The number of imidazole rings is 1. The number of aromatic nitrogens is 4. The number of carboxylic acids is 1. The third-order valence-electron chi connectivity index (χ3n) is 5.06. The number of amides is 1. The summed E-state index contributed by atoms with van der Waals surface area (Å²) in [7, 11) is 3.79. The Morgan fingerprint density at radius 1 is 1.23 bits per heavy atom. The molecule has 0 radical (unpaired) electrons. The van der Waals surface area contributed by atoms with Crippen LogP contribution in [-0.2, 0) is 22.7 Å². The van der Waals surface area contributed by atoms with E-state index < -0.39 is 18.1 Å². The Kier molecular flexibility index (Phi) is 8.38. The Morgan fingerprint density at radius 2 is 2.00 bits per heavy atom. The van der Waals surface area contributed by atoms with Gasteiger partial charge in [0.05, 0.1) is 12.9 Å². The number of aliphatic carboxylic acids is 1. The second-order valence-electron chi connectivity index (χ2n) is 8.02. The van der Waals surface area contributed by atoms with E-state index in [4.69, 9.17) is 16.2 Å². The van der Waals surface area contributed by atoms with Crippen molar-refractivity contribution < 1.29 is 19.4 Å². The van der Waals surface area contributed by atoms with Crippen LogP contribution < -0.4 is 21.7 Å². The highest BCUT2D eigenvalue weighted by atomic mass is 16.5. The van der Waals surface area contributed by atoms with Crippen LogP contribution in [0.1, 0.15) is 24.0 Å². The number of guanidine groups is 1. The zero-order chi connectivity index (χ0) is 25.4. The maximum absolute atomic E-state index is 12.2. The smallest absolute Gasteiger partial charge is 0.408 e. The number of nitrogens with one attached hydrogen (secondary N) is 1. The summed E-state index contributed by atoms with van der Waals surface area (Å²) in [6.07, 6.45) is 2.94. The van der Waals surface area contributed by atoms with Crippen LogP contribution >= 0.6 is 0 Å². The Hall–Kier alpha value is -4.42. The SMILES string of the molecule is CN(C)c1ncnc2c1ncn2Cc1cccc(COC(=O)N[C@@H](CCCN=C(N)N)C(=O)O)c1. The van der Waals surface area contributed by atoms with E-state index in [9.17, 15) is 14.7 Å². The van der Waals surface area contributed by atoms with Gasteiger partial charge in [-0.05, 0) is 24.0 Å². The summed E-state index contributed by atoms with van der Waals surface area (Å²) in [4.78, 5) is 42.3. The lowest BCUT2D eigenvalue weighted by molar-refractivity contribution is -0.139. The maximum atomic E-state index is 12.2. The van der Waals surface area contributed by atoms with E-state index in [1.54, 1.807) is 6.33 Å². The molecule has 0 aliphatic rings. The molecule has 2 heterocycles. The Labute approximate surface area is 201 Å². The highest BCUT2D eigenvalue weighted by Gasteiger charge is 2.20. The molecule has 2 aromatic heterocycles. The summed E-state index contributed by atoms with van der Waals surface area (Å²) >= 11 is 0. The number of fused-ring (bicyclic) bond motifs is 1.